The predicted octanol–water partition coefficient (Wildman–Crippen LogP) is 4.30. The van der Waals surface area contributed by atoms with E-state index in [2.05, 4.69) is 31.4 Å². The van der Waals surface area contributed by atoms with Gasteiger partial charge in [-0.1, -0.05) is 11.6 Å². The molecular weight excluding hydrogens is 500 g/mol. The summed E-state index contributed by atoms with van der Waals surface area (Å²) >= 11 is 9.18. The van der Waals surface area contributed by atoms with Crippen LogP contribution < -0.4 is 5.32 Å². The van der Waals surface area contributed by atoms with Crippen LogP contribution in [0.5, 0.6) is 0 Å². The average molecular weight is 526 g/mol. The first-order valence-electron chi connectivity index (χ1n) is 11.1. The Hall–Kier alpha value is -1.94. The summed E-state index contributed by atoms with van der Waals surface area (Å²) in [5, 5.41) is 23.5. The van der Waals surface area contributed by atoms with Gasteiger partial charge in [-0.05, 0) is 83.0 Å². The van der Waals surface area contributed by atoms with Crippen molar-refractivity contribution in [3.63, 3.8) is 0 Å². The van der Waals surface area contributed by atoms with E-state index in [1.54, 1.807) is 23.3 Å². The number of aryl methyl sites for hydroxylation is 1. The molecule has 0 aliphatic heterocycles. The first-order chi connectivity index (χ1) is 15.3. The van der Waals surface area contributed by atoms with Crippen LogP contribution >= 0.6 is 27.5 Å². The maximum absolute atomic E-state index is 12.9. The zero-order chi connectivity index (χ0) is 22.5. The van der Waals surface area contributed by atoms with Crippen molar-refractivity contribution in [1.29, 1.82) is 0 Å². The summed E-state index contributed by atoms with van der Waals surface area (Å²) in [5.41, 5.74) is -0.266. The van der Waals surface area contributed by atoms with Crippen molar-refractivity contribution in [2.45, 2.75) is 63.5 Å². The predicted molar refractivity (Wildman–Crippen MR) is 121 cm³/mol. The largest absolute Gasteiger partial charge is 0.404 e. The number of amides is 1. The van der Waals surface area contributed by atoms with E-state index in [1.807, 2.05) is 4.68 Å². The summed E-state index contributed by atoms with van der Waals surface area (Å²) in [4.78, 5) is 23.7. The third-order valence-electron chi connectivity index (χ3n) is 7.49. The molecular formula is C21H26BrClN6O3. The lowest BCUT2D eigenvalue weighted by Gasteiger charge is -2.61. The molecule has 2 aromatic heterocycles. The molecule has 2 aromatic rings. The van der Waals surface area contributed by atoms with Crippen LogP contribution in [0.4, 0.5) is 5.82 Å². The molecule has 2 atom stereocenters. The van der Waals surface area contributed by atoms with Gasteiger partial charge in [0, 0.05) is 25.7 Å². The van der Waals surface area contributed by atoms with Crippen molar-refractivity contribution in [3.8, 4) is 0 Å². The van der Waals surface area contributed by atoms with Crippen LogP contribution in [-0.4, -0.2) is 36.9 Å². The van der Waals surface area contributed by atoms with E-state index in [-0.39, 0.29) is 22.7 Å². The van der Waals surface area contributed by atoms with Gasteiger partial charge in [0.1, 0.15) is 4.47 Å². The third kappa shape index (κ3) is 4.07. The fraction of sp³-hybridized carbons (Fsp3) is 0.667. The number of carbonyl (C=O) groups excluding carboxylic acids is 1. The summed E-state index contributed by atoms with van der Waals surface area (Å²) in [6.45, 7) is 1.31. The Kier molecular flexibility index (Phi) is 5.56. The Bertz CT molecular complexity index is 1040. The van der Waals surface area contributed by atoms with E-state index in [1.165, 1.54) is 6.42 Å². The third-order valence-corrected chi connectivity index (χ3v) is 8.24. The van der Waals surface area contributed by atoms with Crippen molar-refractivity contribution in [3.05, 3.63) is 38.2 Å². The summed E-state index contributed by atoms with van der Waals surface area (Å²) in [7, 11) is 0. The molecule has 9 nitrogen and oxygen atoms in total. The van der Waals surface area contributed by atoms with Crippen molar-refractivity contribution in [2.24, 2.45) is 17.3 Å². The van der Waals surface area contributed by atoms with E-state index in [0.29, 0.717) is 40.8 Å². The van der Waals surface area contributed by atoms with Gasteiger partial charge in [-0.25, -0.2) is 0 Å². The van der Waals surface area contributed by atoms with E-state index in [9.17, 15) is 14.9 Å². The second kappa shape index (κ2) is 8.13. The molecule has 4 bridgehead atoms. The van der Waals surface area contributed by atoms with Crippen LogP contribution in [0.25, 0.3) is 0 Å². The Morgan fingerprint density at radius 3 is 2.69 bits per heavy atom. The van der Waals surface area contributed by atoms with Gasteiger partial charge in [0.05, 0.1) is 28.1 Å². The minimum atomic E-state index is -0.443. The van der Waals surface area contributed by atoms with E-state index >= 15 is 0 Å². The molecule has 0 spiro atoms. The second-order valence-electron chi connectivity index (χ2n) is 9.99. The van der Waals surface area contributed by atoms with Crippen LogP contribution in [0, 0.1) is 27.4 Å². The van der Waals surface area contributed by atoms with Gasteiger partial charge in [-0.15, -0.1) is 0 Å². The average Bonchev–Trinajstić information content (AvgIpc) is 3.29. The lowest BCUT2D eigenvalue weighted by atomic mass is 9.46. The van der Waals surface area contributed by atoms with Crippen molar-refractivity contribution < 1.29 is 9.72 Å². The molecule has 1 N–H and O–H groups in total. The van der Waals surface area contributed by atoms with E-state index < -0.39 is 4.92 Å². The highest BCUT2D eigenvalue weighted by atomic mass is 79.9. The molecule has 6 rings (SSSR count). The van der Waals surface area contributed by atoms with Gasteiger partial charge in [-0.3, -0.25) is 9.48 Å². The van der Waals surface area contributed by atoms with E-state index in [4.69, 9.17) is 11.6 Å². The molecule has 0 aromatic carbocycles. The quantitative estimate of drug-likeness (QED) is 0.314. The van der Waals surface area contributed by atoms with Gasteiger partial charge in [0.2, 0.25) is 5.91 Å². The summed E-state index contributed by atoms with van der Waals surface area (Å²) in [6.07, 6.45) is 12.6. The number of halogens is 2. The maximum Gasteiger partial charge on any atom is 0.404 e. The second-order valence-corrected chi connectivity index (χ2v) is 11.3. The number of aromatic nitrogens is 4. The van der Waals surface area contributed by atoms with Gasteiger partial charge < -0.3 is 15.4 Å². The smallest absolute Gasteiger partial charge is 0.358 e. The van der Waals surface area contributed by atoms with Gasteiger partial charge >= 0.3 is 5.82 Å². The Morgan fingerprint density at radius 2 is 2.06 bits per heavy atom. The van der Waals surface area contributed by atoms with Crippen LogP contribution in [0.3, 0.4) is 0 Å². The first-order valence-corrected chi connectivity index (χ1v) is 12.3. The molecule has 32 heavy (non-hydrogen) atoms. The molecule has 4 aliphatic carbocycles. The number of nitrogens with one attached hydrogen (secondary N) is 1. The van der Waals surface area contributed by atoms with Crippen LogP contribution in [-0.2, 0) is 16.9 Å². The molecule has 0 radical (unpaired) electrons. The van der Waals surface area contributed by atoms with Crippen LogP contribution in [0.15, 0.2) is 23.1 Å². The van der Waals surface area contributed by atoms with Crippen molar-refractivity contribution in [1.82, 2.24) is 24.9 Å². The molecule has 1 amide bonds. The minimum Gasteiger partial charge on any atom is -0.358 e. The molecule has 4 aliphatic rings. The normalized spacial score (nSPS) is 30.6. The number of hydrogen-bond donors (Lipinski definition) is 1. The highest BCUT2D eigenvalue weighted by Crippen LogP contribution is 2.65. The molecule has 172 valence electrons. The van der Waals surface area contributed by atoms with Crippen molar-refractivity contribution in [2.75, 3.05) is 6.54 Å². The molecule has 4 saturated carbocycles. The summed E-state index contributed by atoms with van der Waals surface area (Å²) in [5.74, 6) is 1.06. The lowest BCUT2D eigenvalue weighted by Crippen LogP contribution is -2.57. The number of rotatable bonds is 8. The number of nitrogens with zero attached hydrogens (tertiary/aromatic N) is 5. The van der Waals surface area contributed by atoms with Crippen LogP contribution in [0.1, 0.15) is 51.4 Å². The van der Waals surface area contributed by atoms with Gasteiger partial charge in [0.15, 0.2) is 0 Å². The highest BCUT2D eigenvalue weighted by Gasteiger charge is 2.60. The Balaban J connectivity index is 1.25. The Morgan fingerprint density at radius 1 is 1.31 bits per heavy atom. The standard InChI is InChI=1S/C21H26BrClN6O3/c22-17-12-28(26-19(17)29(31)32)21-7-14-4-15(8-21)6-20(5-14,13-21)9-18(30)24-2-1-3-27-11-16(23)10-25-27/h10-12,14-15H,1-9,13H2,(H,24,30). The van der Waals surface area contributed by atoms with Gasteiger partial charge in [0.25, 0.3) is 0 Å². The summed E-state index contributed by atoms with van der Waals surface area (Å²) < 4.78 is 4.04. The molecule has 2 unspecified atom stereocenters. The van der Waals surface area contributed by atoms with Gasteiger partial charge in [-0.2, -0.15) is 9.78 Å². The number of nitro groups is 1. The fourth-order valence-corrected chi connectivity index (χ4v) is 7.49. The molecule has 0 saturated heterocycles. The zero-order valence-electron chi connectivity index (χ0n) is 17.7. The summed E-state index contributed by atoms with van der Waals surface area (Å²) in [6, 6.07) is 0. The van der Waals surface area contributed by atoms with E-state index in [0.717, 1.165) is 38.5 Å². The SMILES string of the molecule is O=C(CC12CC3CC(C1)CC(n1cc(Br)c([N+](=O)[O-])n1)(C3)C2)NCCCn1cc(Cl)cn1. The molecule has 4 fully saturated rings. The fourth-order valence-electron chi connectivity index (χ4n) is 6.92. The number of carbonyl (C=O) groups is 1. The zero-order valence-corrected chi connectivity index (χ0v) is 20.0. The topological polar surface area (TPSA) is 108 Å². The first kappa shape index (κ1) is 21.9. The highest BCUT2D eigenvalue weighted by molar-refractivity contribution is 9.10. The lowest BCUT2D eigenvalue weighted by molar-refractivity contribution is -0.390. The minimum absolute atomic E-state index is 0.0448. The van der Waals surface area contributed by atoms with Crippen molar-refractivity contribution >= 4 is 39.3 Å². The monoisotopic (exact) mass is 524 g/mol. The maximum atomic E-state index is 12.9. The Labute approximate surface area is 199 Å². The van der Waals surface area contributed by atoms with Crippen LogP contribution in [0.2, 0.25) is 5.02 Å². The molecule has 2 heterocycles. The molecule has 11 heteroatoms. The number of hydrogen-bond acceptors (Lipinski definition) is 5.